The molecule has 0 unspecified atom stereocenters. The van der Waals surface area contributed by atoms with Gasteiger partial charge in [-0.05, 0) is 37.5 Å². The molecule has 0 bridgehead atoms. The van der Waals surface area contributed by atoms with Gasteiger partial charge in [0.05, 0.1) is 0 Å². The Labute approximate surface area is 138 Å². The Balaban J connectivity index is 1.65. The van der Waals surface area contributed by atoms with Gasteiger partial charge < -0.3 is 14.9 Å². The van der Waals surface area contributed by atoms with Gasteiger partial charge in [0.1, 0.15) is 11.2 Å². The van der Waals surface area contributed by atoms with E-state index in [-0.39, 0.29) is 30.1 Å². The van der Waals surface area contributed by atoms with Gasteiger partial charge in [-0.15, -0.1) is 5.10 Å². The Hall–Kier alpha value is -1.67. The van der Waals surface area contributed by atoms with Gasteiger partial charge >= 0.3 is 5.97 Å². The minimum absolute atomic E-state index is 0.0277. The lowest BCUT2D eigenvalue weighted by atomic mass is 9.73. The zero-order chi connectivity index (χ0) is 16.6. The number of aliphatic carboxylic acids is 1. The fourth-order valence-electron chi connectivity index (χ4n) is 3.73. The number of nitrogens with one attached hydrogen (secondary N) is 1. The van der Waals surface area contributed by atoms with Crippen LogP contribution in [0.1, 0.15) is 18.7 Å². The van der Waals surface area contributed by atoms with Crippen LogP contribution >= 0.6 is 11.6 Å². The number of halogens is 1. The Morgan fingerprint density at radius 1 is 1.48 bits per heavy atom. The van der Waals surface area contributed by atoms with Crippen LogP contribution in [-0.2, 0) is 16.0 Å². The van der Waals surface area contributed by atoms with Crippen LogP contribution in [0.25, 0.3) is 0 Å². The Morgan fingerprint density at radius 2 is 2.26 bits per heavy atom. The summed E-state index contributed by atoms with van der Waals surface area (Å²) in [4.78, 5) is 32.0. The summed E-state index contributed by atoms with van der Waals surface area (Å²) in [6, 6.07) is 0. The van der Waals surface area contributed by atoms with E-state index in [4.69, 9.17) is 11.6 Å². The van der Waals surface area contributed by atoms with Gasteiger partial charge in [-0.1, -0.05) is 0 Å². The van der Waals surface area contributed by atoms with E-state index in [1.165, 1.54) is 0 Å². The number of aromatic nitrogens is 3. The fraction of sp³-hybridized carbons (Fsp3) is 0.714. The number of likely N-dealkylation sites (tertiary alicyclic amines) is 2. The van der Waals surface area contributed by atoms with Crippen LogP contribution < -0.4 is 0 Å². The molecule has 2 N–H and O–H groups in total. The topological polar surface area (TPSA) is 102 Å². The van der Waals surface area contributed by atoms with E-state index in [0.717, 1.165) is 13.0 Å². The molecule has 8 nitrogen and oxygen atoms in total. The number of carboxylic acid groups (broad SMARTS) is 1. The molecule has 126 valence electrons. The highest BCUT2D eigenvalue weighted by Crippen LogP contribution is 2.42. The minimum Gasteiger partial charge on any atom is -0.481 e. The summed E-state index contributed by atoms with van der Waals surface area (Å²) < 4.78 is 0. The smallest absolute Gasteiger partial charge is 0.313 e. The van der Waals surface area contributed by atoms with E-state index >= 15 is 0 Å². The number of aromatic amines is 1. The molecule has 9 heteroatoms. The molecule has 0 radical (unpaired) electrons. The second kappa shape index (κ2) is 6.09. The number of H-pyrrole nitrogens is 1. The van der Waals surface area contributed by atoms with Gasteiger partial charge in [-0.3, -0.25) is 14.7 Å². The monoisotopic (exact) mass is 341 g/mol. The summed E-state index contributed by atoms with van der Waals surface area (Å²) in [7, 11) is 1.93. The van der Waals surface area contributed by atoms with Crippen LogP contribution in [0.15, 0.2) is 0 Å². The Kier molecular flexibility index (Phi) is 4.29. The highest BCUT2D eigenvalue weighted by Gasteiger charge is 2.55. The molecule has 0 aliphatic carbocycles. The van der Waals surface area contributed by atoms with Crippen molar-refractivity contribution in [1.29, 1.82) is 0 Å². The van der Waals surface area contributed by atoms with E-state index < -0.39 is 11.4 Å². The van der Waals surface area contributed by atoms with Gasteiger partial charge in [-0.25, -0.2) is 4.98 Å². The first kappa shape index (κ1) is 16.2. The van der Waals surface area contributed by atoms with Crippen LogP contribution in [0, 0.1) is 11.3 Å². The third kappa shape index (κ3) is 3.05. The molecule has 3 heterocycles. The quantitative estimate of drug-likeness (QED) is 0.814. The Bertz CT molecular complexity index is 621. The SMILES string of the molecule is CN1CC[C@H]2CN(C(=O)CCc3nc(Cl)n[nH]3)C[C@@]2(C(=O)O)C1. The zero-order valence-corrected chi connectivity index (χ0v) is 13.7. The van der Waals surface area contributed by atoms with E-state index in [1.54, 1.807) is 4.90 Å². The van der Waals surface area contributed by atoms with Crippen molar-refractivity contribution >= 4 is 23.5 Å². The van der Waals surface area contributed by atoms with Crippen LogP contribution in [0.5, 0.6) is 0 Å². The zero-order valence-electron chi connectivity index (χ0n) is 13.0. The lowest BCUT2D eigenvalue weighted by Gasteiger charge is -2.39. The van der Waals surface area contributed by atoms with E-state index in [9.17, 15) is 14.7 Å². The maximum Gasteiger partial charge on any atom is 0.313 e. The number of nitrogens with zero attached hydrogens (tertiary/aromatic N) is 4. The van der Waals surface area contributed by atoms with Gasteiger partial charge in [0, 0.05) is 32.5 Å². The van der Waals surface area contributed by atoms with Crippen molar-refractivity contribution in [2.45, 2.75) is 19.3 Å². The highest BCUT2D eigenvalue weighted by atomic mass is 35.5. The molecule has 0 aromatic carbocycles. The van der Waals surface area contributed by atoms with E-state index in [1.807, 2.05) is 11.9 Å². The third-order valence-corrected chi connectivity index (χ3v) is 5.13. The second-order valence-electron chi connectivity index (χ2n) is 6.51. The molecule has 23 heavy (non-hydrogen) atoms. The first-order valence-electron chi connectivity index (χ1n) is 7.67. The Morgan fingerprint density at radius 3 is 2.91 bits per heavy atom. The van der Waals surface area contributed by atoms with Crippen molar-refractivity contribution in [1.82, 2.24) is 25.0 Å². The maximum atomic E-state index is 12.4. The van der Waals surface area contributed by atoms with E-state index in [2.05, 4.69) is 15.2 Å². The summed E-state index contributed by atoms with van der Waals surface area (Å²) in [5.74, 6) is -0.255. The summed E-state index contributed by atoms with van der Waals surface area (Å²) in [5.41, 5.74) is -0.835. The number of hydrogen-bond acceptors (Lipinski definition) is 5. The van der Waals surface area contributed by atoms with Crippen molar-refractivity contribution in [3.8, 4) is 0 Å². The molecule has 1 aromatic heterocycles. The standard InChI is InChI=1S/C14H20ClN5O3/c1-19-5-4-9-6-20(8-14(9,7-19)12(22)23)11(21)3-2-10-16-13(15)18-17-10/h9H,2-8H2,1H3,(H,22,23)(H,16,17,18)/t9-,14-/m0/s1. The molecule has 3 rings (SSSR count). The normalized spacial score (nSPS) is 27.9. The average molecular weight is 342 g/mol. The lowest BCUT2D eigenvalue weighted by molar-refractivity contribution is -0.154. The summed E-state index contributed by atoms with van der Waals surface area (Å²) in [6.45, 7) is 2.18. The fourth-order valence-corrected chi connectivity index (χ4v) is 3.87. The molecule has 2 aliphatic heterocycles. The average Bonchev–Trinajstić information content (AvgIpc) is 3.08. The van der Waals surface area contributed by atoms with Gasteiger partial charge in [0.15, 0.2) is 0 Å². The molecule has 0 spiro atoms. The number of fused-ring (bicyclic) bond motifs is 1. The minimum atomic E-state index is -0.835. The van der Waals surface area contributed by atoms with Crippen LogP contribution in [0.2, 0.25) is 5.28 Å². The third-order valence-electron chi connectivity index (χ3n) is 4.97. The van der Waals surface area contributed by atoms with E-state index in [0.29, 0.717) is 25.3 Å². The van der Waals surface area contributed by atoms with Crippen molar-refractivity contribution in [2.24, 2.45) is 11.3 Å². The number of amides is 1. The van der Waals surface area contributed by atoms with Gasteiger partial charge in [0.25, 0.3) is 0 Å². The number of piperidine rings is 1. The van der Waals surface area contributed by atoms with Crippen LogP contribution in [0.3, 0.4) is 0 Å². The first-order chi connectivity index (χ1) is 10.9. The molecule has 2 atom stereocenters. The highest BCUT2D eigenvalue weighted by molar-refractivity contribution is 6.28. The number of aryl methyl sites for hydroxylation is 1. The van der Waals surface area contributed by atoms with Gasteiger partial charge in [-0.2, -0.15) is 0 Å². The molecule has 1 aromatic rings. The van der Waals surface area contributed by atoms with Crippen LogP contribution in [0.4, 0.5) is 0 Å². The van der Waals surface area contributed by atoms with Crippen molar-refractivity contribution in [2.75, 3.05) is 33.2 Å². The largest absolute Gasteiger partial charge is 0.481 e. The van der Waals surface area contributed by atoms with Crippen molar-refractivity contribution in [3.05, 3.63) is 11.1 Å². The molecule has 2 fully saturated rings. The summed E-state index contributed by atoms with van der Waals surface area (Å²) in [6.07, 6.45) is 1.49. The number of hydrogen-bond donors (Lipinski definition) is 2. The lowest BCUT2D eigenvalue weighted by Crippen LogP contribution is -2.52. The predicted molar refractivity (Wildman–Crippen MR) is 82.0 cm³/mol. The molecule has 2 saturated heterocycles. The molecular formula is C14H20ClN5O3. The molecule has 1 amide bonds. The van der Waals surface area contributed by atoms with Gasteiger partial charge in [0.2, 0.25) is 11.2 Å². The van der Waals surface area contributed by atoms with Crippen molar-refractivity contribution in [3.63, 3.8) is 0 Å². The second-order valence-corrected chi connectivity index (χ2v) is 6.85. The maximum absolute atomic E-state index is 12.4. The molecule has 2 aliphatic rings. The number of carbonyl (C=O) groups is 2. The van der Waals surface area contributed by atoms with Crippen LogP contribution in [-0.4, -0.2) is 75.2 Å². The number of carboxylic acids is 1. The number of carbonyl (C=O) groups excluding carboxylic acids is 1. The predicted octanol–water partition coefficient (Wildman–Crippen LogP) is 0.256. The number of rotatable bonds is 4. The first-order valence-corrected chi connectivity index (χ1v) is 8.05. The molecular weight excluding hydrogens is 322 g/mol. The van der Waals surface area contributed by atoms with Crippen molar-refractivity contribution < 1.29 is 14.7 Å². The summed E-state index contributed by atoms with van der Waals surface area (Å²) >= 11 is 5.63. The molecule has 0 saturated carbocycles. The summed E-state index contributed by atoms with van der Waals surface area (Å²) in [5, 5.41) is 16.2.